The van der Waals surface area contributed by atoms with Crippen LogP contribution < -0.4 is 4.74 Å². The van der Waals surface area contributed by atoms with Crippen LogP contribution in [0.25, 0.3) is 0 Å². The van der Waals surface area contributed by atoms with Crippen LogP contribution in [0, 0.1) is 5.92 Å². The Labute approximate surface area is 156 Å². The molecule has 2 heteroatoms. The second kappa shape index (κ2) is 16.9. The zero-order valence-electron chi connectivity index (χ0n) is 17.4. The van der Waals surface area contributed by atoms with E-state index >= 15 is 0 Å². The summed E-state index contributed by atoms with van der Waals surface area (Å²) in [7, 11) is 3.35. The lowest BCUT2D eigenvalue weighted by molar-refractivity contribution is 0.302. The monoisotopic (exact) mass is 346 g/mol. The number of benzene rings is 1. The van der Waals surface area contributed by atoms with E-state index in [-0.39, 0.29) is 0 Å². The molecule has 25 heavy (non-hydrogen) atoms. The molecule has 1 aromatic carbocycles. The van der Waals surface area contributed by atoms with Gasteiger partial charge in [0.2, 0.25) is 0 Å². The van der Waals surface area contributed by atoms with Crippen molar-refractivity contribution in [3.63, 3.8) is 0 Å². The molecule has 0 radical (unpaired) electrons. The highest BCUT2D eigenvalue weighted by Crippen LogP contribution is 2.15. The van der Waals surface area contributed by atoms with Gasteiger partial charge in [-0.05, 0) is 48.1 Å². The van der Waals surface area contributed by atoms with Crippen molar-refractivity contribution in [1.82, 2.24) is 0 Å². The Hall–Kier alpha value is -1.96. The zero-order valence-corrected chi connectivity index (χ0v) is 17.4. The van der Waals surface area contributed by atoms with Gasteiger partial charge in [0.15, 0.2) is 0 Å². The Morgan fingerprint density at radius 2 is 1.76 bits per heavy atom. The quantitative estimate of drug-likeness (QED) is 0.373. The summed E-state index contributed by atoms with van der Waals surface area (Å²) in [6.45, 7) is 17.9. The standard InChI is InChI=1S/C11H16O.C10H16O.C2H6/c1-9(2)7-10-5-4-6-11(8-10)12-3;1-5-8-9(6-2)10(7-3)11-4;1-2/h4-6,8-9H,7H2,1-3H3;6-7H,2-3,5,8H2,1,4H3;1-2H3/b;10-9-;. The maximum Gasteiger partial charge on any atom is 0.121 e. The molecule has 0 aliphatic rings. The van der Waals surface area contributed by atoms with Crippen LogP contribution in [-0.2, 0) is 11.2 Å². The number of ether oxygens (including phenoxy) is 2. The molecule has 0 amide bonds. The van der Waals surface area contributed by atoms with Gasteiger partial charge in [0.25, 0.3) is 0 Å². The van der Waals surface area contributed by atoms with E-state index in [1.165, 1.54) is 5.56 Å². The molecular formula is C23H38O2. The first-order valence-corrected chi connectivity index (χ1v) is 9.17. The molecule has 0 aliphatic carbocycles. The Kier molecular flexibility index (Phi) is 17.1. The molecule has 0 saturated heterocycles. The van der Waals surface area contributed by atoms with Crippen LogP contribution in [-0.4, -0.2) is 14.2 Å². The van der Waals surface area contributed by atoms with Crippen molar-refractivity contribution in [3.05, 3.63) is 66.5 Å². The number of rotatable bonds is 8. The lowest BCUT2D eigenvalue weighted by Crippen LogP contribution is -1.94. The summed E-state index contributed by atoms with van der Waals surface area (Å²) in [6.07, 6.45) is 6.76. The Morgan fingerprint density at radius 3 is 2.16 bits per heavy atom. The molecule has 142 valence electrons. The van der Waals surface area contributed by atoms with Crippen molar-refractivity contribution in [2.75, 3.05) is 14.2 Å². The van der Waals surface area contributed by atoms with Crippen LogP contribution in [0.15, 0.2) is 60.9 Å². The van der Waals surface area contributed by atoms with E-state index in [1.54, 1.807) is 20.3 Å². The van der Waals surface area contributed by atoms with Crippen LogP contribution in [0.2, 0.25) is 0 Å². The third-order valence-electron chi connectivity index (χ3n) is 3.27. The van der Waals surface area contributed by atoms with Gasteiger partial charge < -0.3 is 9.47 Å². The van der Waals surface area contributed by atoms with E-state index in [9.17, 15) is 0 Å². The number of methoxy groups -OCH3 is 2. The molecule has 0 bridgehead atoms. The minimum absolute atomic E-state index is 0.706. The zero-order chi connectivity index (χ0) is 19.7. The molecule has 1 aromatic rings. The van der Waals surface area contributed by atoms with Gasteiger partial charge in [0.05, 0.1) is 14.2 Å². The molecule has 0 unspecified atom stereocenters. The van der Waals surface area contributed by atoms with Gasteiger partial charge in [0, 0.05) is 0 Å². The summed E-state index contributed by atoms with van der Waals surface area (Å²) in [5.41, 5.74) is 2.48. The number of hydrogen-bond acceptors (Lipinski definition) is 2. The fourth-order valence-electron chi connectivity index (χ4n) is 2.21. The molecule has 0 N–H and O–H groups in total. The predicted molar refractivity (Wildman–Crippen MR) is 112 cm³/mol. The van der Waals surface area contributed by atoms with Gasteiger partial charge in [-0.1, -0.05) is 72.4 Å². The van der Waals surface area contributed by atoms with E-state index in [2.05, 4.69) is 46.1 Å². The minimum atomic E-state index is 0.706. The normalized spacial score (nSPS) is 10.4. The highest BCUT2D eigenvalue weighted by Gasteiger charge is 1.98. The highest BCUT2D eigenvalue weighted by molar-refractivity contribution is 5.28. The van der Waals surface area contributed by atoms with Crippen molar-refractivity contribution >= 4 is 0 Å². The first-order valence-electron chi connectivity index (χ1n) is 9.17. The van der Waals surface area contributed by atoms with Gasteiger partial charge >= 0.3 is 0 Å². The molecule has 0 heterocycles. The summed E-state index contributed by atoms with van der Waals surface area (Å²) in [6, 6.07) is 8.25. The second-order valence-corrected chi connectivity index (χ2v) is 5.70. The largest absolute Gasteiger partial charge is 0.497 e. The van der Waals surface area contributed by atoms with Crippen molar-refractivity contribution in [1.29, 1.82) is 0 Å². The van der Waals surface area contributed by atoms with Gasteiger partial charge in [-0.3, -0.25) is 0 Å². The lowest BCUT2D eigenvalue weighted by Gasteiger charge is -2.06. The number of allylic oxidation sites excluding steroid dienone is 3. The SMILES string of the molecule is C=C/C(CCC)=C(\C=C)OC.CC.COc1cccc(CC(C)C)c1. The van der Waals surface area contributed by atoms with Gasteiger partial charge in [-0.25, -0.2) is 0 Å². The predicted octanol–water partition coefficient (Wildman–Crippen LogP) is 6.98. The van der Waals surface area contributed by atoms with Crippen LogP contribution in [0.3, 0.4) is 0 Å². The number of hydrogen-bond donors (Lipinski definition) is 0. The third-order valence-corrected chi connectivity index (χ3v) is 3.27. The Bertz CT molecular complexity index is 499. The van der Waals surface area contributed by atoms with Crippen molar-refractivity contribution in [3.8, 4) is 5.75 Å². The minimum Gasteiger partial charge on any atom is -0.497 e. The Balaban J connectivity index is 0. The maximum absolute atomic E-state index is 5.14. The van der Waals surface area contributed by atoms with Crippen LogP contribution in [0.5, 0.6) is 5.75 Å². The molecule has 0 saturated carbocycles. The third kappa shape index (κ3) is 12.1. The smallest absolute Gasteiger partial charge is 0.121 e. The summed E-state index contributed by atoms with van der Waals surface area (Å²) in [5.74, 6) is 2.49. The fraction of sp³-hybridized carbons (Fsp3) is 0.478. The molecule has 0 aromatic heterocycles. The van der Waals surface area contributed by atoms with Gasteiger partial charge in [-0.2, -0.15) is 0 Å². The lowest BCUT2D eigenvalue weighted by atomic mass is 10.0. The average molecular weight is 347 g/mol. The first-order chi connectivity index (χ1) is 12.0. The summed E-state index contributed by atoms with van der Waals surface area (Å²) in [4.78, 5) is 0. The first kappa shape index (κ1) is 25.3. The van der Waals surface area contributed by atoms with Crippen molar-refractivity contribution < 1.29 is 9.47 Å². The molecule has 0 spiro atoms. The molecule has 2 nitrogen and oxygen atoms in total. The fourth-order valence-corrected chi connectivity index (χ4v) is 2.21. The van der Waals surface area contributed by atoms with E-state index in [0.717, 1.165) is 36.3 Å². The van der Waals surface area contributed by atoms with E-state index in [1.807, 2.05) is 32.1 Å². The second-order valence-electron chi connectivity index (χ2n) is 5.70. The van der Waals surface area contributed by atoms with E-state index in [4.69, 9.17) is 9.47 Å². The molecule has 0 aliphatic heterocycles. The summed E-state index contributed by atoms with van der Waals surface area (Å²) in [5, 5.41) is 0. The molecular weight excluding hydrogens is 308 g/mol. The summed E-state index contributed by atoms with van der Waals surface area (Å²) >= 11 is 0. The summed E-state index contributed by atoms with van der Waals surface area (Å²) < 4.78 is 10.2. The van der Waals surface area contributed by atoms with Crippen LogP contribution >= 0.6 is 0 Å². The van der Waals surface area contributed by atoms with Crippen LogP contribution in [0.4, 0.5) is 0 Å². The molecule has 0 atom stereocenters. The maximum atomic E-state index is 5.14. The van der Waals surface area contributed by atoms with Crippen molar-refractivity contribution in [2.45, 2.75) is 53.9 Å². The van der Waals surface area contributed by atoms with Crippen LogP contribution in [0.1, 0.15) is 53.0 Å². The highest BCUT2D eigenvalue weighted by atomic mass is 16.5. The van der Waals surface area contributed by atoms with E-state index < -0.39 is 0 Å². The van der Waals surface area contributed by atoms with Crippen molar-refractivity contribution in [2.24, 2.45) is 5.92 Å². The Morgan fingerprint density at radius 1 is 1.12 bits per heavy atom. The topological polar surface area (TPSA) is 18.5 Å². The average Bonchev–Trinajstić information content (AvgIpc) is 2.63. The van der Waals surface area contributed by atoms with Gasteiger partial charge in [0.1, 0.15) is 11.5 Å². The molecule has 0 fully saturated rings. The van der Waals surface area contributed by atoms with Gasteiger partial charge in [-0.15, -0.1) is 0 Å². The van der Waals surface area contributed by atoms with E-state index in [0.29, 0.717) is 5.92 Å². The molecule has 1 rings (SSSR count).